The molecule has 3 aromatic rings. The molecule has 10 heteroatoms. The number of carboxylic acids is 1. The van der Waals surface area contributed by atoms with Gasteiger partial charge in [-0.15, -0.1) is 0 Å². The molecule has 2 aromatic heterocycles. The topological polar surface area (TPSA) is 116 Å². The molecule has 2 unspecified atom stereocenters. The summed E-state index contributed by atoms with van der Waals surface area (Å²) in [6.07, 6.45) is 1.99. The number of nitrogens with one attached hydrogen (secondary N) is 1. The van der Waals surface area contributed by atoms with Gasteiger partial charge in [-0.3, -0.25) is 14.1 Å². The van der Waals surface area contributed by atoms with Gasteiger partial charge < -0.3 is 10.1 Å². The molecule has 3 heterocycles. The Morgan fingerprint density at radius 2 is 2.13 bits per heavy atom. The number of aromatic nitrogens is 2. The summed E-state index contributed by atoms with van der Waals surface area (Å²) >= 11 is 1.45. The fourth-order valence-electron chi connectivity index (χ4n) is 3.63. The molecule has 0 bridgehead atoms. The van der Waals surface area contributed by atoms with Crippen LogP contribution in [0, 0.1) is 5.92 Å². The summed E-state index contributed by atoms with van der Waals surface area (Å²) in [4.78, 5) is 23.3. The van der Waals surface area contributed by atoms with Crippen molar-refractivity contribution in [1.29, 1.82) is 0 Å². The van der Waals surface area contributed by atoms with Gasteiger partial charge in [-0.05, 0) is 30.7 Å². The van der Waals surface area contributed by atoms with Crippen molar-refractivity contribution in [3.05, 3.63) is 54.4 Å². The number of hydrogen-bond acceptors (Lipinski definition) is 6. The van der Waals surface area contributed by atoms with Crippen LogP contribution in [0.4, 0.5) is 5.69 Å². The van der Waals surface area contributed by atoms with Crippen molar-refractivity contribution in [2.24, 2.45) is 10.9 Å². The minimum atomic E-state index is -3.82. The number of carbonyl (C=O) groups is 1. The van der Waals surface area contributed by atoms with Gasteiger partial charge in [-0.25, -0.2) is 4.98 Å². The van der Waals surface area contributed by atoms with Gasteiger partial charge in [0, 0.05) is 23.9 Å². The number of anilines is 1. The van der Waals surface area contributed by atoms with E-state index in [-0.39, 0.29) is 10.3 Å². The Bertz CT molecular complexity index is 1250. The number of fused-ring (bicyclic) bond motifs is 1. The average molecular weight is 459 g/mol. The first-order valence-corrected chi connectivity index (χ1v) is 12.1. The number of hydrogen-bond donors (Lipinski definition) is 2. The van der Waals surface area contributed by atoms with Crippen LogP contribution in [0.3, 0.4) is 0 Å². The van der Waals surface area contributed by atoms with Gasteiger partial charge in [-0.2, -0.15) is 8.42 Å². The summed E-state index contributed by atoms with van der Waals surface area (Å²) in [6, 6.07) is 12.1. The first-order valence-electron chi connectivity index (χ1n) is 9.79. The number of nitrogens with zero attached hydrogens (tertiary/aromatic N) is 3. The summed E-state index contributed by atoms with van der Waals surface area (Å²) in [5.41, 5.74) is 1.90. The predicted molar refractivity (Wildman–Crippen MR) is 122 cm³/mol. The molecular formula is C21H22N4O4S2. The zero-order valence-electron chi connectivity index (χ0n) is 17.0. The number of rotatable bonds is 7. The zero-order valence-corrected chi connectivity index (χ0v) is 18.7. The van der Waals surface area contributed by atoms with E-state index in [2.05, 4.69) is 15.0 Å². The van der Waals surface area contributed by atoms with E-state index in [1.807, 2.05) is 19.1 Å². The minimum absolute atomic E-state index is 0.0286. The van der Waals surface area contributed by atoms with Crippen LogP contribution in [0.15, 0.2) is 58.7 Å². The zero-order chi connectivity index (χ0) is 22.2. The van der Waals surface area contributed by atoms with Crippen LogP contribution < -0.4 is 4.31 Å². The number of benzene rings is 1. The van der Waals surface area contributed by atoms with Gasteiger partial charge in [0.15, 0.2) is 5.03 Å². The summed E-state index contributed by atoms with van der Waals surface area (Å²) in [7, 11) is -2.33. The van der Waals surface area contributed by atoms with Crippen LogP contribution in [0.2, 0.25) is 0 Å². The quantitative estimate of drug-likeness (QED) is 0.561. The number of para-hydroxylation sites is 1. The lowest BCUT2D eigenvalue weighted by Gasteiger charge is -2.19. The highest BCUT2D eigenvalue weighted by Gasteiger charge is 2.33. The maximum atomic E-state index is 13.0. The third-order valence-electron chi connectivity index (χ3n) is 5.35. The number of thioether (sulfide) groups is 1. The molecule has 162 valence electrons. The van der Waals surface area contributed by atoms with Crippen molar-refractivity contribution in [3.63, 3.8) is 0 Å². The number of H-pyrrole nitrogens is 1. The van der Waals surface area contributed by atoms with Crippen LogP contribution in [0.25, 0.3) is 10.9 Å². The first-order chi connectivity index (χ1) is 14.8. The maximum Gasteiger partial charge on any atom is 0.307 e. The maximum absolute atomic E-state index is 13.0. The van der Waals surface area contributed by atoms with Gasteiger partial charge in [0.1, 0.15) is 5.04 Å². The third kappa shape index (κ3) is 3.92. The van der Waals surface area contributed by atoms with Crippen LogP contribution >= 0.6 is 11.8 Å². The van der Waals surface area contributed by atoms with E-state index in [4.69, 9.17) is 0 Å². The minimum Gasteiger partial charge on any atom is -0.481 e. The highest BCUT2D eigenvalue weighted by molar-refractivity contribution is 8.15. The second kappa shape index (κ2) is 8.35. The number of aromatic amines is 1. The van der Waals surface area contributed by atoms with E-state index in [1.165, 1.54) is 35.4 Å². The number of sulfonamides is 1. The molecule has 0 radical (unpaired) electrons. The van der Waals surface area contributed by atoms with Gasteiger partial charge >= 0.3 is 5.97 Å². The normalized spacial score (nSPS) is 17.5. The Morgan fingerprint density at radius 3 is 2.81 bits per heavy atom. The van der Waals surface area contributed by atoms with Gasteiger partial charge in [-0.1, -0.05) is 36.9 Å². The first kappa shape index (κ1) is 21.4. The van der Waals surface area contributed by atoms with Crippen LogP contribution in [0.1, 0.15) is 19.0 Å². The molecule has 0 spiro atoms. The second-order valence-corrected chi connectivity index (χ2v) is 10.4. The molecule has 0 fully saturated rings. The summed E-state index contributed by atoms with van der Waals surface area (Å²) < 4.78 is 27.3. The summed E-state index contributed by atoms with van der Waals surface area (Å²) in [5.74, 6) is -1.27. The van der Waals surface area contributed by atoms with E-state index < -0.39 is 21.9 Å². The van der Waals surface area contributed by atoms with E-state index in [0.29, 0.717) is 24.2 Å². The molecular weight excluding hydrogens is 436 g/mol. The fraction of sp³-hybridized carbons (Fsp3) is 0.286. The molecule has 0 saturated carbocycles. The Hall–Kier alpha value is -2.85. The fourth-order valence-corrected chi connectivity index (χ4v) is 6.06. The van der Waals surface area contributed by atoms with Crippen LogP contribution in [-0.2, 0) is 14.8 Å². The Kier molecular flexibility index (Phi) is 5.76. The van der Waals surface area contributed by atoms with Gasteiger partial charge in [0.25, 0.3) is 10.0 Å². The van der Waals surface area contributed by atoms with E-state index in [9.17, 15) is 18.3 Å². The highest BCUT2D eigenvalue weighted by Crippen LogP contribution is 2.35. The molecule has 8 nitrogen and oxygen atoms in total. The Labute approximate surface area is 184 Å². The lowest BCUT2D eigenvalue weighted by atomic mass is 10.0. The molecule has 0 amide bonds. The van der Waals surface area contributed by atoms with Crippen molar-refractivity contribution < 1.29 is 18.3 Å². The molecule has 2 atom stereocenters. The average Bonchev–Trinajstić information content (AvgIpc) is 3.41. The second-order valence-electron chi connectivity index (χ2n) is 7.22. The van der Waals surface area contributed by atoms with Crippen molar-refractivity contribution in [3.8, 4) is 0 Å². The number of aliphatic carboxylic acids is 1. The molecule has 31 heavy (non-hydrogen) atoms. The van der Waals surface area contributed by atoms with E-state index in [0.717, 1.165) is 16.1 Å². The SMILES string of the molecule is CCC(C(=O)O)C1CN=C(c2cc3cccc(N(C)S(=O)(=O)c4ccccn4)c3[nH]2)S1. The highest BCUT2D eigenvalue weighted by atomic mass is 32.2. The van der Waals surface area contributed by atoms with Gasteiger partial charge in [0.2, 0.25) is 0 Å². The molecule has 4 rings (SSSR count). The van der Waals surface area contributed by atoms with Crippen molar-refractivity contribution >= 4 is 49.4 Å². The molecule has 1 aliphatic heterocycles. The lowest BCUT2D eigenvalue weighted by molar-refractivity contribution is -0.141. The Morgan fingerprint density at radius 1 is 1.32 bits per heavy atom. The predicted octanol–water partition coefficient (Wildman–Crippen LogP) is 3.36. The number of pyridine rings is 1. The number of carboxylic acid groups (broad SMARTS) is 1. The monoisotopic (exact) mass is 458 g/mol. The summed E-state index contributed by atoms with van der Waals surface area (Å²) in [5, 5.41) is 10.9. The molecule has 0 aliphatic carbocycles. The van der Waals surface area contributed by atoms with Crippen LogP contribution in [-0.4, -0.2) is 53.3 Å². The largest absolute Gasteiger partial charge is 0.481 e. The Balaban J connectivity index is 1.66. The van der Waals surface area contributed by atoms with Crippen LogP contribution in [0.5, 0.6) is 0 Å². The lowest BCUT2D eigenvalue weighted by Crippen LogP contribution is -2.27. The molecule has 2 N–H and O–H groups in total. The van der Waals surface area contributed by atoms with E-state index >= 15 is 0 Å². The smallest absolute Gasteiger partial charge is 0.307 e. The van der Waals surface area contributed by atoms with Crippen molar-refractivity contribution in [2.45, 2.75) is 23.6 Å². The van der Waals surface area contributed by atoms with E-state index in [1.54, 1.807) is 24.3 Å². The van der Waals surface area contributed by atoms with Gasteiger partial charge in [0.05, 0.1) is 29.4 Å². The molecule has 1 aliphatic rings. The molecule has 0 saturated heterocycles. The molecule has 1 aromatic carbocycles. The van der Waals surface area contributed by atoms with Crippen molar-refractivity contribution in [2.75, 3.05) is 17.9 Å². The third-order valence-corrected chi connectivity index (χ3v) is 8.39. The summed E-state index contributed by atoms with van der Waals surface area (Å²) in [6.45, 7) is 2.31. The van der Waals surface area contributed by atoms with Crippen molar-refractivity contribution in [1.82, 2.24) is 9.97 Å². The number of aliphatic imine (C=N–C) groups is 1. The standard InChI is InChI=1S/C21H22N4O4S2/c1-3-14(21(26)27)17-12-23-20(30-17)15-11-13-7-6-8-16(19(13)24-15)25(2)31(28,29)18-9-4-5-10-22-18/h4-11,14,17,24H,3,12H2,1-2H3,(H,26,27).